The minimum absolute atomic E-state index is 0.0318. The van der Waals surface area contributed by atoms with Crippen molar-refractivity contribution < 1.29 is 17.9 Å². The smallest absolute Gasteiger partial charge is 0.410 e. The van der Waals surface area contributed by atoms with Crippen LogP contribution in [0.1, 0.15) is 18.4 Å². The SMILES string of the molecule is O=C1OC(CNS(=O)(=O)CCc2ccccc2)CN1C1CC1. The predicted octanol–water partition coefficient (Wildman–Crippen LogP) is 1.13. The highest BCUT2D eigenvalue weighted by molar-refractivity contribution is 7.89. The summed E-state index contributed by atoms with van der Waals surface area (Å²) in [4.78, 5) is 13.3. The van der Waals surface area contributed by atoms with Gasteiger partial charge in [-0.3, -0.25) is 0 Å². The fraction of sp³-hybridized carbons (Fsp3) is 0.533. The van der Waals surface area contributed by atoms with Crippen molar-refractivity contribution in [2.24, 2.45) is 0 Å². The van der Waals surface area contributed by atoms with Crippen LogP contribution in [0.5, 0.6) is 0 Å². The third kappa shape index (κ3) is 3.98. The first-order chi connectivity index (χ1) is 10.5. The molecular weight excluding hydrogens is 304 g/mol. The van der Waals surface area contributed by atoms with Crippen molar-refractivity contribution in [2.45, 2.75) is 31.4 Å². The van der Waals surface area contributed by atoms with Gasteiger partial charge in [-0.05, 0) is 24.8 Å². The standard InChI is InChI=1S/C15H20N2O4S/c18-15-17(13-6-7-13)11-14(21-15)10-16-22(19,20)9-8-12-4-2-1-3-5-12/h1-5,13-14,16H,6-11H2. The van der Waals surface area contributed by atoms with Crippen molar-refractivity contribution in [2.75, 3.05) is 18.8 Å². The lowest BCUT2D eigenvalue weighted by atomic mass is 10.2. The van der Waals surface area contributed by atoms with Gasteiger partial charge in [0.25, 0.3) is 0 Å². The van der Waals surface area contributed by atoms with Gasteiger partial charge >= 0.3 is 6.09 Å². The van der Waals surface area contributed by atoms with Crippen LogP contribution < -0.4 is 4.72 Å². The molecule has 2 aliphatic rings. The molecule has 1 N–H and O–H groups in total. The fourth-order valence-electron chi connectivity index (χ4n) is 2.52. The minimum Gasteiger partial charge on any atom is -0.443 e. The van der Waals surface area contributed by atoms with Crippen LogP contribution in [0.25, 0.3) is 0 Å². The number of hydrogen-bond donors (Lipinski definition) is 1. The molecule has 1 aliphatic heterocycles. The number of sulfonamides is 1. The summed E-state index contributed by atoms with van der Waals surface area (Å²) in [7, 11) is -3.37. The molecule has 6 nitrogen and oxygen atoms in total. The highest BCUT2D eigenvalue weighted by atomic mass is 32.2. The lowest BCUT2D eigenvalue weighted by molar-refractivity contribution is 0.133. The summed E-state index contributed by atoms with van der Waals surface area (Å²) in [6.45, 7) is 0.622. The third-order valence-electron chi connectivity index (χ3n) is 3.92. The number of hydrogen-bond acceptors (Lipinski definition) is 4. The summed E-state index contributed by atoms with van der Waals surface area (Å²) in [6, 6.07) is 9.78. The highest BCUT2D eigenvalue weighted by Gasteiger charge is 2.41. The van der Waals surface area contributed by atoms with Crippen molar-refractivity contribution >= 4 is 16.1 Å². The van der Waals surface area contributed by atoms with E-state index in [1.165, 1.54) is 0 Å². The van der Waals surface area contributed by atoms with E-state index in [4.69, 9.17) is 4.74 Å². The van der Waals surface area contributed by atoms with E-state index in [2.05, 4.69) is 4.72 Å². The van der Waals surface area contributed by atoms with E-state index < -0.39 is 10.0 Å². The van der Waals surface area contributed by atoms with Crippen LogP contribution in [-0.4, -0.2) is 50.4 Å². The number of carbonyl (C=O) groups excluding carboxylic acids is 1. The van der Waals surface area contributed by atoms with E-state index in [-0.39, 0.29) is 24.5 Å². The molecule has 2 fully saturated rings. The number of benzene rings is 1. The molecule has 1 saturated carbocycles. The Morgan fingerprint density at radius 1 is 1.23 bits per heavy atom. The Morgan fingerprint density at radius 3 is 2.64 bits per heavy atom. The van der Waals surface area contributed by atoms with E-state index >= 15 is 0 Å². The lowest BCUT2D eigenvalue weighted by Gasteiger charge is -2.11. The molecule has 7 heteroatoms. The van der Waals surface area contributed by atoms with Crippen LogP contribution in [-0.2, 0) is 21.2 Å². The molecule has 1 aromatic carbocycles. The minimum atomic E-state index is -3.37. The predicted molar refractivity (Wildman–Crippen MR) is 81.9 cm³/mol. The molecular formula is C15H20N2O4S. The second-order valence-corrected chi connectivity index (χ2v) is 7.72. The topological polar surface area (TPSA) is 75.7 Å². The lowest BCUT2D eigenvalue weighted by Crippen LogP contribution is -2.36. The van der Waals surface area contributed by atoms with Crippen molar-refractivity contribution in [1.82, 2.24) is 9.62 Å². The van der Waals surface area contributed by atoms with E-state index in [9.17, 15) is 13.2 Å². The number of aryl methyl sites for hydroxylation is 1. The Kier molecular flexibility index (Phi) is 4.35. The van der Waals surface area contributed by atoms with E-state index in [0.717, 1.165) is 18.4 Å². The molecule has 1 amide bonds. The zero-order valence-electron chi connectivity index (χ0n) is 12.3. The van der Waals surface area contributed by atoms with Gasteiger partial charge in [0.1, 0.15) is 6.10 Å². The molecule has 1 aromatic rings. The van der Waals surface area contributed by atoms with E-state index in [1.807, 2.05) is 30.3 Å². The van der Waals surface area contributed by atoms with Crippen LogP contribution in [0.2, 0.25) is 0 Å². The first-order valence-corrected chi connectivity index (χ1v) is 9.17. The van der Waals surface area contributed by atoms with Crippen molar-refractivity contribution in [3.05, 3.63) is 35.9 Å². The monoisotopic (exact) mass is 324 g/mol. The molecule has 3 rings (SSSR count). The Morgan fingerprint density at radius 2 is 1.95 bits per heavy atom. The van der Waals surface area contributed by atoms with Crippen molar-refractivity contribution in [3.8, 4) is 0 Å². The summed E-state index contributed by atoms with van der Waals surface area (Å²) in [5.74, 6) is 0.0318. The normalized spacial score (nSPS) is 21.9. The average molecular weight is 324 g/mol. The van der Waals surface area contributed by atoms with Gasteiger partial charge in [0.05, 0.1) is 12.3 Å². The summed E-state index contributed by atoms with van der Waals surface area (Å²) in [6.07, 6.45) is 1.79. The van der Waals surface area contributed by atoms with E-state index in [1.54, 1.807) is 4.90 Å². The van der Waals surface area contributed by atoms with Gasteiger partial charge in [-0.1, -0.05) is 30.3 Å². The number of ether oxygens (including phenoxy) is 1. The number of carbonyl (C=O) groups is 1. The summed E-state index contributed by atoms with van der Waals surface area (Å²) >= 11 is 0. The van der Waals surface area contributed by atoms with Crippen molar-refractivity contribution in [3.63, 3.8) is 0 Å². The van der Waals surface area contributed by atoms with Crippen molar-refractivity contribution in [1.29, 1.82) is 0 Å². The second-order valence-electron chi connectivity index (χ2n) is 5.79. The Bertz CT molecular complexity index is 628. The third-order valence-corrected chi connectivity index (χ3v) is 5.27. The van der Waals surface area contributed by atoms with E-state index in [0.29, 0.717) is 19.0 Å². The molecule has 1 unspecified atom stereocenters. The summed E-state index contributed by atoms with van der Waals surface area (Å²) in [5, 5.41) is 0. The number of amides is 1. The molecule has 22 heavy (non-hydrogen) atoms. The van der Waals surface area contributed by atoms with Gasteiger partial charge in [-0.2, -0.15) is 0 Å². The van der Waals surface area contributed by atoms with Gasteiger partial charge in [-0.25, -0.2) is 17.9 Å². The number of rotatable bonds is 7. The van der Waals surface area contributed by atoms with Crippen LogP contribution in [0.15, 0.2) is 30.3 Å². The zero-order chi connectivity index (χ0) is 15.6. The quantitative estimate of drug-likeness (QED) is 0.816. The maximum atomic E-state index is 12.0. The molecule has 0 spiro atoms. The molecule has 0 bridgehead atoms. The summed E-state index contributed by atoms with van der Waals surface area (Å²) < 4.78 is 31.7. The first-order valence-electron chi connectivity index (χ1n) is 7.52. The Labute approximate surface area is 130 Å². The Balaban J connectivity index is 1.45. The molecule has 0 radical (unpaired) electrons. The maximum absolute atomic E-state index is 12.0. The fourth-order valence-corrected chi connectivity index (χ4v) is 3.61. The van der Waals surface area contributed by atoms with Gasteiger partial charge in [-0.15, -0.1) is 0 Å². The largest absolute Gasteiger partial charge is 0.443 e. The highest BCUT2D eigenvalue weighted by Crippen LogP contribution is 2.30. The number of nitrogens with zero attached hydrogens (tertiary/aromatic N) is 1. The summed E-state index contributed by atoms with van der Waals surface area (Å²) in [5.41, 5.74) is 0.986. The van der Waals surface area contributed by atoms with Gasteiger partial charge in [0.15, 0.2) is 0 Å². The maximum Gasteiger partial charge on any atom is 0.410 e. The molecule has 0 aromatic heterocycles. The van der Waals surface area contributed by atoms with Crippen LogP contribution in [0.3, 0.4) is 0 Å². The molecule has 1 heterocycles. The molecule has 120 valence electrons. The zero-order valence-corrected chi connectivity index (χ0v) is 13.1. The number of cyclic esters (lactones) is 1. The Hall–Kier alpha value is -1.60. The molecule has 1 aliphatic carbocycles. The van der Waals surface area contributed by atoms with Crippen LogP contribution in [0, 0.1) is 0 Å². The van der Waals surface area contributed by atoms with Gasteiger partial charge in [0, 0.05) is 12.6 Å². The van der Waals surface area contributed by atoms with Crippen LogP contribution in [0.4, 0.5) is 4.79 Å². The molecule has 1 saturated heterocycles. The average Bonchev–Trinajstić information content (AvgIpc) is 3.28. The molecule has 1 atom stereocenters. The second kappa shape index (κ2) is 6.26. The number of nitrogens with one attached hydrogen (secondary N) is 1. The van der Waals surface area contributed by atoms with Gasteiger partial charge in [0.2, 0.25) is 10.0 Å². The van der Waals surface area contributed by atoms with Crippen LogP contribution >= 0.6 is 0 Å². The first kappa shape index (κ1) is 15.3. The van der Waals surface area contributed by atoms with Gasteiger partial charge < -0.3 is 9.64 Å².